The van der Waals surface area contributed by atoms with E-state index >= 15 is 0 Å². The first-order chi connectivity index (χ1) is 14.7. The van der Waals surface area contributed by atoms with E-state index in [2.05, 4.69) is 27.4 Å². The summed E-state index contributed by atoms with van der Waals surface area (Å²) in [7, 11) is 0. The van der Waals surface area contributed by atoms with Crippen molar-refractivity contribution < 1.29 is 4.79 Å². The summed E-state index contributed by atoms with van der Waals surface area (Å²) >= 11 is 1.29. The zero-order valence-corrected chi connectivity index (χ0v) is 17.4. The van der Waals surface area contributed by atoms with Crippen molar-refractivity contribution in [2.75, 3.05) is 5.75 Å². The van der Waals surface area contributed by atoms with Crippen LogP contribution in [0.1, 0.15) is 25.5 Å². The molecular weight excluding hydrogens is 400 g/mol. The summed E-state index contributed by atoms with van der Waals surface area (Å²) in [5.74, 6) is 0.574. The fourth-order valence-corrected chi connectivity index (χ4v) is 3.99. The van der Waals surface area contributed by atoms with Crippen molar-refractivity contribution >= 4 is 34.3 Å². The van der Waals surface area contributed by atoms with E-state index in [-0.39, 0.29) is 17.2 Å². The number of carbonyl (C=O) groups excluding carboxylic acids is 1. The van der Waals surface area contributed by atoms with E-state index in [1.807, 2.05) is 46.9 Å². The quantitative estimate of drug-likeness (QED) is 0.439. The maximum Gasteiger partial charge on any atom is 0.262 e. The average molecular weight is 423 g/mol. The summed E-state index contributed by atoms with van der Waals surface area (Å²) in [6.45, 7) is 3.04. The van der Waals surface area contributed by atoms with Crippen LogP contribution in [0.5, 0.6) is 0 Å². The highest BCUT2D eigenvalue weighted by Crippen LogP contribution is 2.21. The number of amides is 1. The van der Waals surface area contributed by atoms with Crippen LogP contribution in [0.25, 0.3) is 16.7 Å². The molecule has 0 saturated carbocycles. The third-order valence-corrected chi connectivity index (χ3v) is 5.67. The molecule has 0 saturated heterocycles. The van der Waals surface area contributed by atoms with Gasteiger partial charge in [0.1, 0.15) is 0 Å². The fraction of sp³-hybridized carbons (Fsp3) is 0.286. The molecule has 3 aromatic heterocycles. The molecule has 1 aromatic carbocycles. The number of benzene rings is 1. The number of pyridine rings is 1. The van der Waals surface area contributed by atoms with Gasteiger partial charge in [-0.1, -0.05) is 43.3 Å². The molecule has 0 radical (unpaired) electrons. The van der Waals surface area contributed by atoms with Crippen LogP contribution in [0.3, 0.4) is 0 Å². The van der Waals surface area contributed by atoms with Crippen molar-refractivity contribution in [3.8, 4) is 0 Å². The van der Waals surface area contributed by atoms with E-state index in [0.29, 0.717) is 29.4 Å². The Bertz CT molecular complexity index is 1230. The molecule has 0 aliphatic carbocycles. The monoisotopic (exact) mass is 422 g/mol. The van der Waals surface area contributed by atoms with Gasteiger partial charge >= 0.3 is 0 Å². The second kappa shape index (κ2) is 9.08. The molecule has 1 amide bonds. The van der Waals surface area contributed by atoms with Gasteiger partial charge in [-0.15, -0.1) is 10.2 Å². The first kappa shape index (κ1) is 20.1. The van der Waals surface area contributed by atoms with Crippen LogP contribution in [-0.2, 0) is 17.9 Å². The van der Waals surface area contributed by atoms with Gasteiger partial charge < -0.3 is 5.32 Å². The molecule has 0 aliphatic rings. The number of nitrogens with one attached hydrogen (secondary N) is 1. The Morgan fingerprint density at radius 3 is 2.77 bits per heavy atom. The molecule has 0 aliphatic heterocycles. The van der Waals surface area contributed by atoms with Gasteiger partial charge in [-0.05, 0) is 30.7 Å². The lowest BCUT2D eigenvalue weighted by Crippen LogP contribution is -2.25. The zero-order valence-electron chi connectivity index (χ0n) is 16.6. The van der Waals surface area contributed by atoms with Gasteiger partial charge in [0.2, 0.25) is 11.7 Å². The minimum atomic E-state index is -0.119. The Morgan fingerprint density at radius 2 is 1.97 bits per heavy atom. The van der Waals surface area contributed by atoms with Crippen molar-refractivity contribution in [2.45, 2.75) is 38.0 Å². The molecule has 4 rings (SSSR count). The van der Waals surface area contributed by atoms with Gasteiger partial charge in [-0.3, -0.25) is 23.5 Å². The summed E-state index contributed by atoms with van der Waals surface area (Å²) in [4.78, 5) is 29.4. The predicted molar refractivity (Wildman–Crippen MR) is 116 cm³/mol. The standard InChI is InChI=1S/C21H22N6O2S/c1-2-3-12-26-19(29)16-9-4-5-10-17(16)27-20(26)24-25-21(27)30-14-18(28)23-13-15-8-6-7-11-22-15/h4-11H,2-3,12-14H2,1H3,(H,23,28). The number of para-hydroxylation sites is 1. The first-order valence-electron chi connectivity index (χ1n) is 9.85. The number of aromatic nitrogens is 5. The van der Waals surface area contributed by atoms with Gasteiger partial charge in [-0.2, -0.15) is 0 Å². The number of rotatable bonds is 8. The van der Waals surface area contributed by atoms with Crippen LogP contribution in [0.15, 0.2) is 58.6 Å². The minimum absolute atomic E-state index is 0.0661. The first-order valence-corrected chi connectivity index (χ1v) is 10.8. The number of thioether (sulfide) groups is 1. The van der Waals surface area contributed by atoms with Crippen molar-refractivity contribution in [3.63, 3.8) is 0 Å². The smallest absolute Gasteiger partial charge is 0.262 e. The highest BCUT2D eigenvalue weighted by molar-refractivity contribution is 7.99. The number of carbonyl (C=O) groups is 1. The number of hydrogen-bond donors (Lipinski definition) is 1. The number of nitrogens with zero attached hydrogens (tertiary/aromatic N) is 5. The topological polar surface area (TPSA) is 94.2 Å². The van der Waals surface area contributed by atoms with Crippen LogP contribution in [0, 0.1) is 0 Å². The molecule has 1 N–H and O–H groups in total. The van der Waals surface area contributed by atoms with Gasteiger partial charge in [0.25, 0.3) is 5.56 Å². The molecule has 0 unspecified atom stereocenters. The number of unbranched alkanes of at least 4 members (excludes halogenated alkanes) is 1. The van der Waals surface area contributed by atoms with Gasteiger partial charge in [0.05, 0.1) is 28.9 Å². The van der Waals surface area contributed by atoms with Crippen molar-refractivity contribution in [1.82, 2.24) is 29.5 Å². The summed E-state index contributed by atoms with van der Waals surface area (Å²) < 4.78 is 3.53. The van der Waals surface area contributed by atoms with Crippen LogP contribution in [0.4, 0.5) is 0 Å². The Labute approximate surface area is 177 Å². The molecule has 0 atom stereocenters. The molecule has 4 aromatic rings. The SMILES string of the molecule is CCCCn1c(=O)c2ccccc2n2c(SCC(=O)NCc3ccccn3)nnc12. The molecule has 154 valence electrons. The van der Waals surface area contributed by atoms with Crippen LogP contribution >= 0.6 is 11.8 Å². The largest absolute Gasteiger partial charge is 0.350 e. The maximum atomic E-state index is 12.9. The Hall–Kier alpha value is -3.20. The number of aryl methyl sites for hydroxylation is 1. The van der Waals surface area contributed by atoms with E-state index in [1.165, 1.54) is 11.8 Å². The van der Waals surface area contributed by atoms with E-state index < -0.39 is 0 Å². The van der Waals surface area contributed by atoms with Crippen molar-refractivity contribution in [2.24, 2.45) is 0 Å². The summed E-state index contributed by atoms with van der Waals surface area (Å²) in [5, 5.41) is 12.6. The Morgan fingerprint density at radius 1 is 1.13 bits per heavy atom. The maximum absolute atomic E-state index is 12.9. The highest BCUT2D eigenvalue weighted by atomic mass is 32.2. The molecule has 0 spiro atoms. The Balaban J connectivity index is 1.59. The Kier molecular flexibility index (Phi) is 6.08. The average Bonchev–Trinajstić information content (AvgIpc) is 3.21. The van der Waals surface area contributed by atoms with Crippen LogP contribution in [0.2, 0.25) is 0 Å². The van der Waals surface area contributed by atoms with E-state index in [4.69, 9.17) is 0 Å². The third-order valence-electron chi connectivity index (χ3n) is 4.74. The predicted octanol–water partition coefficient (Wildman–Crippen LogP) is 2.65. The second-order valence-electron chi connectivity index (χ2n) is 6.83. The number of hydrogen-bond acceptors (Lipinski definition) is 6. The molecule has 3 heterocycles. The summed E-state index contributed by atoms with van der Waals surface area (Å²) in [6.07, 6.45) is 3.54. The lowest BCUT2D eigenvalue weighted by Gasteiger charge is -2.10. The van der Waals surface area contributed by atoms with E-state index in [1.54, 1.807) is 10.8 Å². The summed E-state index contributed by atoms with van der Waals surface area (Å²) in [6, 6.07) is 13.0. The van der Waals surface area contributed by atoms with Crippen molar-refractivity contribution in [1.29, 1.82) is 0 Å². The second-order valence-corrected chi connectivity index (χ2v) is 7.77. The molecule has 0 fully saturated rings. The van der Waals surface area contributed by atoms with Gasteiger partial charge in [0.15, 0.2) is 5.16 Å². The van der Waals surface area contributed by atoms with E-state index in [0.717, 1.165) is 24.1 Å². The molecule has 30 heavy (non-hydrogen) atoms. The fourth-order valence-electron chi connectivity index (χ4n) is 3.22. The summed E-state index contributed by atoms with van der Waals surface area (Å²) in [5.41, 5.74) is 1.48. The lowest BCUT2D eigenvalue weighted by atomic mass is 10.2. The zero-order chi connectivity index (χ0) is 20.9. The van der Waals surface area contributed by atoms with Crippen LogP contribution < -0.4 is 10.9 Å². The molecule has 8 nitrogen and oxygen atoms in total. The van der Waals surface area contributed by atoms with Gasteiger partial charge in [0, 0.05) is 12.7 Å². The lowest BCUT2D eigenvalue weighted by molar-refractivity contribution is -0.118. The van der Waals surface area contributed by atoms with Crippen molar-refractivity contribution in [3.05, 3.63) is 64.7 Å². The molecular formula is C21H22N6O2S. The van der Waals surface area contributed by atoms with Gasteiger partial charge in [-0.25, -0.2) is 0 Å². The molecule has 0 bridgehead atoms. The number of fused-ring (bicyclic) bond motifs is 3. The third kappa shape index (κ3) is 4.06. The normalized spacial score (nSPS) is 11.2. The van der Waals surface area contributed by atoms with E-state index in [9.17, 15) is 9.59 Å². The highest BCUT2D eigenvalue weighted by Gasteiger charge is 2.17. The minimum Gasteiger partial charge on any atom is -0.350 e. The molecule has 9 heteroatoms. The van der Waals surface area contributed by atoms with Crippen LogP contribution in [-0.4, -0.2) is 35.8 Å².